The van der Waals surface area contributed by atoms with Gasteiger partial charge < -0.3 is 10.4 Å². The lowest BCUT2D eigenvalue weighted by molar-refractivity contribution is -0.124. The van der Waals surface area contributed by atoms with E-state index in [0.717, 1.165) is 6.42 Å². The molecular weight excluding hydrogens is 220 g/mol. The first kappa shape index (κ1) is 13.6. The molecule has 2 atom stereocenters. The van der Waals surface area contributed by atoms with Gasteiger partial charge in [0.2, 0.25) is 5.91 Å². The lowest BCUT2D eigenvalue weighted by atomic mass is 10.2. The van der Waals surface area contributed by atoms with Gasteiger partial charge >= 0.3 is 0 Å². The number of nitrogens with one attached hydrogen (secondary N) is 1. The molecule has 6 nitrogen and oxygen atoms in total. The van der Waals surface area contributed by atoms with Crippen molar-refractivity contribution < 1.29 is 9.90 Å². The van der Waals surface area contributed by atoms with Crippen LogP contribution >= 0.6 is 0 Å². The number of hydrogen-bond donors (Lipinski definition) is 2. The molecule has 1 amide bonds. The van der Waals surface area contributed by atoms with Crippen LogP contribution < -0.4 is 5.32 Å². The molecule has 0 radical (unpaired) electrons. The van der Waals surface area contributed by atoms with Crippen molar-refractivity contribution in [3.05, 3.63) is 11.9 Å². The van der Waals surface area contributed by atoms with Gasteiger partial charge in [-0.3, -0.25) is 4.79 Å². The summed E-state index contributed by atoms with van der Waals surface area (Å²) in [5.41, 5.74) is 0.690. The molecule has 1 heterocycles. The van der Waals surface area contributed by atoms with E-state index in [4.69, 9.17) is 5.11 Å². The summed E-state index contributed by atoms with van der Waals surface area (Å²) in [6.07, 6.45) is 3.04. The van der Waals surface area contributed by atoms with Crippen LogP contribution in [0.25, 0.3) is 0 Å². The van der Waals surface area contributed by atoms with Gasteiger partial charge in [0.05, 0.1) is 5.69 Å². The minimum Gasteiger partial charge on any atom is -0.396 e. The molecule has 0 aromatic carbocycles. The maximum atomic E-state index is 11.8. The number of aliphatic hydroxyl groups is 1. The Labute approximate surface area is 101 Å². The summed E-state index contributed by atoms with van der Waals surface area (Å²) < 4.78 is 1.52. The zero-order valence-electron chi connectivity index (χ0n) is 10.6. The van der Waals surface area contributed by atoms with Gasteiger partial charge in [-0.1, -0.05) is 12.1 Å². The monoisotopic (exact) mass is 240 g/mol. The molecule has 2 N–H and O–H groups in total. The van der Waals surface area contributed by atoms with Crippen molar-refractivity contribution in [3.63, 3.8) is 0 Å². The van der Waals surface area contributed by atoms with E-state index in [2.05, 4.69) is 15.6 Å². The molecule has 1 rings (SSSR count). The molecule has 0 fully saturated rings. The summed E-state index contributed by atoms with van der Waals surface area (Å²) >= 11 is 0. The number of carbonyl (C=O) groups is 1. The second-order valence-corrected chi connectivity index (χ2v) is 4.16. The molecule has 0 aliphatic carbocycles. The summed E-state index contributed by atoms with van der Waals surface area (Å²) in [6, 6.07) is -0.227. The van der Waals surface area contributed by atoms with Crippen LogP contribution in [0.4, 0.5) is 0 Å². The van der Waals surface area contributed by atoms with Crippen LogP contribution in [-0.2, 0) is 11.2 Å². The van der Waals surface area contributed by atoms with Crippen molar-refractivity contribution in [3.8, 4) is 0 Å². The fourth-order valence-electron chi connectivity index (χ4n) is 1.32. The molecule has 17 heavy (non-hydrogen) atoms. The first-order valence-corrected chi connectivity index (χ1v) is 5.90. The predicted molar refractivity (Wildman–Crippen MR) is 63.4 cm³/mol. The Morgan fingerprint density at radius 3 is 2.88 bits per heavy atom. The van der Waals surface area contributed by atoms with Crippen molar-refractivity contribution in [2.24, 2.45) is 0 Å². The Morgan fingerprint density at radius 2 is 2.29 bits per heavy atom. The second kappa shape index (κ2) is 6.34. The van der Waals surface area contributed by atoms with Gasteiger partial charge in [-0.05, 0) is 20.3 Å². The van der Waals surface area contributed by atoms with Gasteiger partial charge in [-0.2, -0.15) is 0 Å². The summed E-state index contributed by atoms with van der Waals surface area (Å²) in [7, 11) is 0. The van der Waals surface area contributed by atoms with Gasteiger partial charge in [0.1, 0.15) is 6.04 Å². The van der Waals surface area contributed by atoms with Crippen LogP contribution in [0.15, 0.2) is 6.20 Å². The number of nitrogens with zero attached hydrogens (tertiary/aromatic N) is 3. The number of aliphatic hydroxyl groups excluding tert-OH is 1. The number of aromatic nitrogens is 3. The molecule has 0 saturated heterocycles. The molecule has 96 valence electrons. The van der Waals surface area contributed by atoms with Gasteiger partial charge in [0.25, 0.3) is 0 Å². The molecule has 0 bridgehead atoms. The summed E-state index contributed by atoms with van der Waals surface area (Å²) in [4.78, 5) is 11.8. The first-order valence-electron chi connectivity index (χ1n) is 5.90. The highest BCUT2D eigenvalue weighted by molar-refractivity contribution is 5.79. The topological polar surface area (TPSA) is 80.0 Å². The smallest absolute Gasteiger partial charge is 0.244 e. The zero-order chi connectivity index (χ0) is 12.8. The predicted octanol–water partition coefficient (Wildman–Crippen LogP) is 0.289. The third-order valence-electron chi connectivity index (χ3n) is 2.70. The molecular formula is C11H20N4O2. The fraction of sp³-hybridized carbons (Fsp3) is 0.727. The van der Waals surface area contributed by atoms with Crippen molar-refractivity contribution in [1.82, 2.24) is 20.3 Å². The van der Waals surface area contributed by atoms with E-state index >= 15 is 0 Å². The van der Waals surface area contributed by atoms with Crippen LogP contribution in [0.1, 0.15) is 38.9 Å². The van der Waals surface area contributed by atoms with Gasteiger partial charge in [0.15, 0.2) is 0 Å². The van der Waals surface area contributed by atoms with E-state index in [0.29, 0.717) is 12.1 Å². The summed E-state index contributed by atoms with van der Waals surface area (Å²) in [5.74, 6) is -0.0696. The maximum absolute atomic E-state index is 11.8. The summed E-state index contributed by atoms with van der Waals surface area (Å²) in [6.45, 7) is 5.79. The van der Waals surface area contributed by atoms with Crippen molar-refractivity contribution in [2.45, 2.75) is 45.7 Å². The highest BCUT2D eigenvalue weighted by Crippen LogP contribution is 2.06. The van der Waals surface area contributed by atoms with E-state index in [9.17, 15) is 4.79 Å². The minimum absolute atomic E-state index is 0.0339. The van der Waals surface area contributed by atoms with Crippen LogP contribution in [0.3, 0.4) is 0 Å². The van der Waals surface area contributed by atoms with E-state index in [-0.39, 0.29) is 24.6 Å². The quantitative estimate of drug-likeness (QED) is 0.749. The molecule has 1 aromatic rings. The van der Waals surface area contributed by atoms with Gasteiger partial charge in [-0.15, -0.1) is 5.10 Å². The standard InChI is InChI=1S/C11H20N4O2/c1-4-8(2)12-11(17)9(3)15-7-10(5-6-16)13-14-15/h7-9,16H,4-6H2,1-3H3,(H,12,17). The SMILES string of the molecule is CCC(C)NC(=O)C(C)n1cc(CCO)nn1. The molecule has 0 aliphatic rings. The van der Waals surface area contributed by atoms with Crippen molar-refractivity contribution in [1.29, 1.82) is 0 Å². The van der Waals surface area contributed by atoms with Crippen LogP contribution in [0.2, 0.25) is 0 Å². The lowest BCUT2D eigenvalue weighted by Gasteiger charge is -2.15. The van der Waals surface area contributed by atoms with E-state index in [1.807, 2.05) is 13.8 Å². The average molecular weight is 240 g/mol. The largest absolute Gasteiger partial charge is 0.396 e. The number of carbonyl (C=O) groups excluding carboxylic acids is 1. The zero-order valence-corrected chi connectivity index (χ0v) is 10.6. The average Bonchev–Trinajstić information content (AvgIpc) is 2.76. The van der Waals surface area contributed by atoms with Crippen LogP contribution in [0, 0.1) is 0 Å². The number of rotatable bonds is 6. The van der Waals surface area contributed by atoms with Crippen molar-refractivity contribution >= 4 is 5.91 Å². The lowest BCUT2D eigenvalue weighted by Crippen LogP contribution is -2.37. The highest BCUT2D eigenvalue weighted by atomic mass is 16.3. The Balaban J connectivity index is 2.61. The van der Waals surface area contributed by atoms with Gasteiger partial charge in [0, 0.05) is 25.3 Å². The number of hydrogen-bond acceptors (Lipinski definition) is 4. The highest BCUT2D eigenvalue weighted by Gasteiger charge is 2.17. The third kappa shape index (κ3) is 3.81. The Morgan fingerprint density at radius 1 is 1.59 bits per heavy atom. The van der Waals surface area contributed by atoms with Gasteiger partial charge in [-0.25, -0.2) is 4.68 Å². The van der Waals surface area contributed by atoms with Crippen LogP contribution in [-0.4, -0.2) is 38.7 Å². The van der Waals surface area contributed by atoms with E-state index < -0.39 is 0 Å². The molecule has 0 saturated carbocycles. The molecule has 0 aliphatic heterocycles. The number of amides is 1. The Hall–Kier alpha value is -1.43. The summed E-state index contributed by atoms with van der Waals surface area (Å²) in [5, 5.41) is 19.4. The van der Waals surface area contributed by atoms with Crippen molar-refractivity contribution in [2.75, 3.05) is 6.61 Å². The Bertz CT molecular complexity index is 364. The molecule has 1 aromatic heterocycles. The first-order chi connectivity index (χ1) is 8.08. The second-order valence-electron chi connectivity index (χ2n) is 4.16. The van der Waals surface area contributed by atoms with Crippen LogP contribution in [0.5, 0.6) is 0 Å². The molecule has 0 spiro atoms. The van der Waals surface area contributed by atoms with E-state index in [1.54, 1.807) is 13.1 Å². The van der Waals surface area contributed by atoms with E-state index in [1.165, 1.54) is 4.68 Å². The fourth-order valence-corrected chi connectivity index (χ4v) is 1.32. The molecule has 6 heteroatoms. The molecule has 2 unspecified atom stereocenters. The minimum atomic E-state index is -0.385. The maximum Gasteiger partial charge on any atom is 0.244 e. The third-order valence-corrected chi connectivity index (χ3v) is 2.70. The normalized spacial score (nSPS) is 14.4. The Kier molecular flexibility index (Phi) is 5.09.